The van der Waals surface area contributed by atoms with Crippen molar-refractivity contribution in [3.63, 3.8) is 0 Å². The molecule has 144 valence electrons. The lowest BCUT2D eigenvalue weighted by Crippen LogP contribution is -2.34. The average molecular weight is 408 g/mol. The van der Waals surface area contributed by atoms with Gasteiger partial charge in [-0.3, -0.25) is 10.1 Å². The normalized spacial score (nSPS) is 11.1. The maximum Gasteiger partial charge on any atom is 0.418 e. The highest BCUT2D eigenvalue weighted by Gasteiger charge is 2.34. The van der Waals surface area contributed by atoms with E-state index in [0.29, 0.717) is 0 Å². The topological polar surface area (TPSA) is 63.1 Å². The van der Waals surface area contributed by atoms with Crippen LogP contribution in [0.15, 0.2) is 67.0 Å². The molecule has 9 heteroatoms. The Morgan fingerprint density at radius 3 is 2.29 bits per heavy atom. The van der Waals surface area contributed by atoms with Crippen molar-refractivity contribution in [1.82, 2.24) is 9.88 Å². The molecule has 0 saturated heterocycles. The summed E-state index contributed by atoms with van der Waals surface area (Å²) in [6, 6.07) is 11.6. The number of imide groups is 1. The maximum atomic E-state index is 13.4. The van der Waals surface area contributed by atoms with Gasteiger partial charge in [-0.15, -0.1) is 0 Å². The minimum Gasteiger partial charge on any atom is -0.323 e. The Kier molecular flexibility index (Phi) is 5.41. The van der Waals surface area contributed by atoms with Gasteiger partial charge in [0.25, 0.3) is 5.91 Å². The first-order valence-corrected chi connectivity index (χ1v) is 8.35. The predicted octanol–water partition coefficient (Wildman–Crippen LogP) is 5.11. The molecule has 0 saturated carbocycles. The minimum absolute atomic E-state index is 0.0678. The van der Waals surface area contributed by atoms with Gasteiger partial charge in [0.15, 0.2) is 0 Å². The maximum absolute atomic E-state index is 13.4. The summed E-state index contributed by atoms with van der Waals surface area (Å²) in [5.41, 5.74) is -1.07. The largest absolute Gasteiger partial charge is 0.418 e. The molecular formula is C19H13ClF3N3O2. The molecule has 28 heavy (non-hydrogen) atoms. The molecule has 2 N–H and O–H groups in total. The number of carbonyl (C=O) groups is 2. The molecule has 0 fully saturated rings. The van der Waals surface area contributed by atoms with E-state index in [4.69, 9.17) is 11.6 Å². The van der Waals surface area contributed by atoms with E-state index in [0.717, 1.165) is 6.07 Å². The third-order valence-electron chi connectivity index (χ3n) is 3.79. The van der Waals surface area contributed by atoms with Crippen LogP contribution in [0.25, 0.3) is 5.69 Å². The number of rotatable bonds is 3. The SMILES string of the molecule is O=C(NC(=O)c1ccccc1Cl)Nc1ccc(-n2cccc2)c(C(F)(F)F)c1. The molecule has 0 aliphatic rings. The number of amides is 3. The van der Waals surface area contributed by atoms with Crippen molar-refractivity contribution < 1.29 is 22.8 Å². The van der Waals surface area contributed by atoms with Crippen molar-refractivity contribution in [2.45, 2.75) is 6.18 Å². The molecule has 1 aromatic heterocycles. The second-order valence-corrected chi connectivity index (χ2v) is 6.12. The highest BCUT2D eigenvalue weighted by Crippen LogP contribution is 2.35. The van der Waals surface area contributed by atoms with E-state index in [1.807, 2.05) is 5.32 Å². The lowest BCUT2D eigenvalue weighted by Gasteiger charge is -2.16. The fourth-order valence-electron chi connectivity index (χ4n) is 2.54. The monoisotopic (exact) mass is 407 g/mol. The standard InChI is InChI=1S/C19H13ClF3N3O2/c20-15-6-2-1-5-13(15)17(27)25-18(28)24-12-7-8-16(26-9-3-4-10-26)14(11-12)19(21,22)23/h1-11H,(H2,24,25,27,28). The number of carbonyl (C=O) groups excluding carboxylic acids is 2. The highest BCUT2D eigenvalue weighted by molar-refractivity contribution is 6.34. The van der Waals surface area contributed by atoms with Gasteiger partial charge in [-0.25, -0.2) is 4.79 Å². The van der Waals surface area contributed by atoms with Crippen LogP contribution in [0.5, 0.6) is 0 Å². The number of anilines is 1. The number of halogens is 4. The van der Waals surface area contributed by atoms with E-state index in [2.05, 4.69) is 5.32 Å². The fourth-order valence-corrected chi connectivity index (χ4v) is 2.76. The lowest BCUT2D eigenvalue weighted by atomic mass is 10.1. The summed E-state index contributed by atoms with van der Waals surface area (Å²) in [5, 5.41) is 4.39. The van der Waals surface area contributed by atoms with E-state index >= 15 is 0 Å². The molecule has 2 aromatic carbocycles. The molecule has 3 amide bonds. The summed E-state index contributed by atoms with van der Waals surface area (Å²) in [6.45, 7) is 0. The molecule has 0 radical (unpaired) electrons. The molecular weight excluding hydrogens is 395 g/mol. The zero-order valence-corrected chi connectivity index (χ0v) is 14.9. The van der Waals surface area contributed by atoms with Crippen molar-refractivity contribution in [2.24, 2.45) is 0 Å². The molecule has 0 aliphatic carbocycles. The van der Waals surface area contributed by atoms with Gasteiger partial charge >= 0.3 is 12.2 Å². The molecule has 3 rings (SSSR count). The summed E-state index contributed by atoms with van der Waals surface area (Å²) in [7, 11) is 0. The second kappa shape index (κ2) is 7.77. The molecule has 0 unspecified atom stereocenters. The molecule has 3 aromatic rings. The Labute approximate surface area is 162 Å². The van der Waals surface area contributed by atoms with E-state index < -0.39 is 23.7 Å². The number of hydrogen-bond donors (Lipinski definition) is 2. The van der Waals surface area contributed by atoms with Crippen molar-refractivity contribution in [1.29, 1.82) is 0 Å². The Bertz CT molecular complexity index is 1020. The lowest BCUT2D eigenvalue weighted by molar-refractivity contribution is -0.137. The highest BCUT2D eigenvalue weighted by atomic mass is 35.5. The molecule has 1 heterocycles. The van der Waals surface area contributed by atoms with Crippen LogP contribution in [-0.2, 0) is 6.18 Å². The van der Waals surface area contributed by atoms with Gasteiger partial charge in [0.05, 0.1) is 21.8 Å². The van der Waals surface area contributed by atoms with Crippen molar-refractivity contribution >= 4 is 29.2 Å². The number of benzene rings is 2. The van der Waals surface area contributed by atoms with Crippen molar-refractivity contribution in [3.05, 3.63) is 83.1 Å². The van der Waals surface area contributed by atoms with Crippen LogP contribution < -0.4 is 10.6 Å². The number of nitrogens with one attached hydrogen (secondary N) is 2. The minimum atomic E-state index is -4.64. The first kappa shape index (κ1) is 19.5. The Morgan fingerprint density at radius 2 is 1.64 bits per heavy atom. The summed E-state index contributed by atoms with van der Waals surface area (Å²) in [5.74, 6) is -0.775. The molecule has 0 aliphatic heterocycles. The Morgan fingerprint density at radius 1 is 0.964 bits per heavy atom. The summed E-state index contributed by atoms with van der Waals surface area (Å²) in [4.78, 5) is 24.1. The zero-order valence-electron chi connectivity index (χ0n) is 14.1. The summed E-state index contributed by atoms with van der Waals surface area (Å²) < 4.78 is 41.6. The van der Waals surface area contributed by atoms with Crippen LogP contribution in [0.4, 0.5) is 23.7 Å². The van der Waals surface area contributed by atoms with Gasteiger partial charge in [-0.1, -0.05) is 23.7 Å². The Balaban J connectivity index is 1.80. The number of nitrogens with zero attached hydrogens (tertiary/aromatic N) is 1. The van der Waals surface area contributed by atoms with Crippen LogP contribution in [-0.4, -0.2) is 16.5 Å². The van der Waals surface area contributed by atoms with Crippen LogP contribution in [0.2, 0.25) is 5.02 Å². The average Bonchev–Trinajstić information content (AvgIpc) is 3.15. The third-order valence-corrected chi connectivity index (χ3v) is 4.12. The summed E-state index contributed by atoms with van der Waals surface area (Å²) >= 11 is 5.88. The first-order chi connectivity index (χ1) is 13.3. The van der Waals surface area contributed by atoms with Crippen LogP contribution in [0, 0.1) is 0 Å². The van der Waals surface area contributed by atoms with E-state index in [-0.39, 0.29) is 22.0 Å². The molecule has 0 bridgehead atoms. The van der Waals surface area contributed by atoms with Gasteiger partial charge < -0.3 is 9.88 Å². The number of aromatic nitrogens is 1. The smallest absolute Gasteiger partial charge is 0.323 e. The van der Waals surface area contributed by atoms with Crippen LogP contribution >= 0.6 is 11.6 Å². The quantitative estimate of drug-likeness (QED) is 0.633. The zero-order chi connectivity index (χ0) is 20.3. The number of alkyl halides is 3. The molecule has 0 spiro atoms. The number of urea groups is 1. The van der Waals surface area contributed by atoms with Gasteiger partial charge in [0.2, 0.25) is 0 Å². The van der Waals surface area contributed by atoms with Crippen LogP contribution in [0.3, 0.4) is 0 Å². The van der Waals surface area contributed by atoms with Crippen LogP contribution in [0.1, 0.15) is 15.9 Å². The van der Waals surface area contributed by atoms with Gasteiger partial charge in [-0.2, -0.15) is 13.2 Å². The van der Waals surface area contributed by atoms with E-state index in [1.54, 1.807) is 24.3 Å². The summed E-state index contributed by atoms with van der Waals surface area (Å²) in [6.07, 6.45) is -1.68. The molecule has 5 nitrogen and oxygen atoms in total. The second-order valence-electron chi connectivity index (χ2n) is 5.71. The third kappa shape index (κ3) is 4.34. The van der Waals surface area contributed by atoms with Crippen molar-refractivity contribution in [3.8, 4) is 5.69 Å². The van der Waals surface area contributed by atoms with E-state index in [9.17, 15) is 22.8 Å². The van der Waals surface area contributed by atoms with Gasteiger partial charge in [0, 0.05) is 18.1 Å². The number of hydrogen-bond acceptors (Lipinski definition) is 2. The van der Waals surface area contributed by atoms with Gasteiger partial charge in [0.1, 0.15) is 0 Å². The first-order valence-electron chi connectivity index (χ1n) is 7.97. The fraction of sp³-hybridized carbons (Fsp3) is 0.0526. The predicted molar refractivity (Wildman–Crippen MR) is 98.7 cm³/mol. The van der Waals surface area contributed by atoms with Gasteiger partial charge in [-0.05, 0) is 42.5 Å². The molecule has 0 atom stereocenters. The Hall–Kier alpha value is -3.26. The van der Waals surface area contributed by atoms with E-state index in [1.165, 1.54) is 41.2 Å². The van der Waals surface area contributed by atoms with Crippen molar-refractivity contribution in [2.75, 3.05) is 5.32 Å².